The molecule has 0 saturated carbocycles. The zero-order valence-corrected chi connectivity index (χ0v) is 9.63. The van der Waals surface area contributed by atoms with Gasteiger partial charge in [0.1, 0.15) is 5.76 Å². The second kappa shape index (κ2) is 4.65. The van der Waals surface area contributed by atoms with Crippen molar-refractivity contribution in [1.82, 2.24) is 5.32 Å². The third-order valence-corrected chi connectivity index (χ3v) is 2.30. The molecule has 0 radical (unpaired) electrons. The molecule has 1 heterocycles. The summed E-state index contributed by atoms with van der Waals surface area (Å²) in [6.07, 6.45) is 2.90. The van der Waals surface area contributed by atoms with Crippen molar-refractivity contribution in [3.05, 3.63) is 24.2 Å². The van der Waals surface area contributed by atoms with Gasteiger partial charge in [0.25, 0.3) is 0 Å². The number of hydrogen-bond acceptors (Lipinski definition) is 2. The van der Waals surface area contributed by atoms with Crippen molar-refractivity contribution in [1.29, 1.82) is 0 Å². The molecule has 0 amide bonds. The molecular formula is C12H21NO. The molecule has 1 N–H and O–H groups in total. The minimum atomic E-state index is 0.312. The van der Waals surface area contributed by atoms with Crippen LogP contribution in [0.15, 0.2) is 22.8 Å². The minimum Gasteiger partial charge on any atom is -0.468 e. The quantitative estimate of drug-likeness (QED) is 0.797. The molecule has 0 spiro atoms. The Morgan fingerprint density at radius 2 is 2.14 bits per heavy atom. The summed E-state index contributed by atoms with van der Waals surface area (Å²) in [5.74, 6) is 1.01. The van der Waals surface area contributed by atoms with E-state index in [1.807, 2.05) is 12.1 Å². The lowest BCUT2D eigenvalue weighted by Gasteiger charge is -2.19. The van der Waals surface area contributed by atoms with E-state index < -0.39 is 0 Å². The SMILES string of the molecule is CC(NCCC(C)(C)C)c1ccco1. The molecule has 1 rings (SSSR count). The number of hydrogen-bond donors (Lipinski definition) is 1. The summed E-state index contributed by atoms with van der Waals surface area (Å²) in [7, 11) is 0. The lowest BCUT2D eigenvalue weighted by Crippen LogP contribution is -2.23. The van der Waals surface area contributed by atoms with Crippen molar-refractivity contribution >= 4 is 0 Å². The summed E-state index contributed by atoms with van der Waals surface area (Å²) in [6, 6.07) is 4.25. The van der Waals surface area contributed by atoms with E-state index >= 15 is 0 Å². The monoisotopic (exact) mass is 195 g/mol. The fraction of sp³-hybridized carbons (Fsp3) is 0.667. The van der Waals surface area contributed by atoms with E-state index in [1.54, 1.807) is 6.26 Å². The normalized spacial score (nSPS) is 14.3. The van der Waals surface area contributed by atoms with E-state index in [0.717, 1.165) is 12.3 Å². The van der Waals surface area contributed by atoms with E-state index in [0.29, 0.717) is 11.5 Å². The number of nitrogens with one attached hydrogen (secondary N) is 1. The Morgan fingerprint density at radius 3 is 2.64 bits per heavy atom. The van der Waals surface area contributed by atoms with Crippen LogP contribution >= 0.6 is 0 Å². The van der Waals surface area contributed by atoms with Crippen LogP contribution in [0.4, 0.5) is 0 Å². The first-order valence-corrected chi connectivity index (χ1v) is 5.26. The van der Waals surface area contributed by atoms with Crippen LogP contribution in [0.5, 0.6) is 0 Å². The van der Waals surface area contributed by atoms with Crippen molar-refractivity contribution in [2.45, 2.75) is 40.2 Å². The van der Waals surface area contributed by atoms with Gasteiger partial charge in [-0.25, -0.2) is 0 Å². The van der Waals surface area contributed by atoms with Gasteiger partial charge in [-0.3, -0.25) is 0 Å². The second-order valence-corrected chi connectivity index (χ2v) is 5.00. The summed E-state index contributed by atoms with van der Waals surface area (Å²) >= 11 is 0. The highest BCUT2D eigenvalue weighted by Crippen LogP contribution is 2.18. The molecule has 0 saturated heterocycles. The van der Waals surface area contributed by atoms with Gasteiger partial charge in [0, 0.05) is 0 Å². The molecular weight excluding hydrogens is 174 g/mol. The molecule has 1 aromatic rings. The second-order valence-electron chi connectivity index (χ2n) is 5.00. The predicted octanol–water partition coefficient (Wildman–Crippen LogP) is 3.37. The maximum atomic E-state index is 5.32. The van der Waals surface area contributed by atoms with Crippen LogP contribution in [0, 0.1) is 5.41 Å². The summed E-state index contributed by atoms with van der Waals surface area (Å²) in [4.78, 5) is 0. The molecule has 0 fully saturated rings. The van der Waals surface area contributed by atoms with Gasteiger partial charge in [0.15, 0.2) is 0 Å². The van der Waals surface area contributed by atoms with Gasteiger partial charge in [0.2, 0.25) is 0 Å². The highest BCUT2D eigenvalue weighted by atomic mass is 16.3. The largest absolute Gasteiger partial charge is 0.468 e. The Labute approximate surface area is 86.7 Å². The molecule has 0 aliphatic heterocycles. The smallest absolute Gasteiger partial charge is 0.120 e. The van der Waals surface area contributed by atoms with Crippen molar-refractivity contribution in [2.24, 2.45) is 5.41 Å². The Hall–Kier alpha value is -0.760. The third-order valence-electron chi connectivity index (χ3n) is 2.30. The topological polar surface area (TPSA) is 25.2 Å². The average Bonchev–Trinajstić information content (AvgIpc) is 2.53. The Morgan fingerprint density at radius 1 is 1.43 bits per heavy atom. The molecule has 14 heavy (non-hydrogen) atoms. The first-order valence-electron chi connectivity index (χ1n) is 5.26. The molecule has 80 valence electrons. The van der Waals surface area contributed by atoms with Gasteiger partial charge in [-0.05, 0) is 37.4 Å². The molecule has 1 unspecified atom stereocenters. The minimum absolute atomic E-state index is 0.312. The van der Waals surface area contributed by atoms with E-state index in [1.165, 1.54) is 6.42 Å². The molecule has 1 atom stereocenters. The third kappa shape index (κ3) is 3.97. The van der Waals surface area contributed by atoms with E-state index in [2.05, 4.69) is 33.0 Å². The lowest BCUT2D eigenvalue weighted by molar-refractivity contribution is 0.346. The molecule has 0 aliphatic rings. The lowest BCUT2D eigenvalue weighted by atomic mass is 9.92. The first kappa shape index (κ1) is 11.3. The van der Waals surface area contributed by atoms with Gasteiger partial charge in [-0.2, -0.15) is 0 Å². The van der Waals surface area contributed by atoms with E-state index in [9.17, 15) is 0 Å². The van der Waals surface area contributed by atoms with Crippen LogP contribution in [0.3, 0.4) is 0 Å². The zero-order chi connectivity index (χ0) is 10.6. The molecule has 0 aliphatic carbocycles. The Kier molecular flexibility index (Phi) is 3.76. The van der Waals surface area contributed by atoms with Crippen LogP contribution in [0.1, 0.15) is 45.9 Å². The van der Waals surface area contributed by atoms with E-state index in [-0.39, 0.29) is 0 Å². The number of rotatable bonds is 4. The highest BCUT2D eigenvalue weighted by molar-refractivity contribution is 5.02. The molecule has 0 aromatic carbocycles. The molecule has 2 nitrogen and oxygen atoms in total. The van der Waals surface area contributed by atoms with Crippen LogP contribution in [0.25, 0.3) is 0 Å². The average molecular weight is 195 g/mol. The molecule has 1 aromatic heterocycles. The standard InChI is InChI=1S/C12H21NO/c1-10(11-6-5-9-14-11)13-8-7-12(2,3)4/h5-6,9-10,13H,7-8H2,1-4H3. The maximum absolute atomic E-state index is 5.32. The Balaban J connectivity index is 2.26. The van der Waals surface area contributed by atoms with Gasteiger partial charge in [0.05, 0.1) is 12.3 Å². The predicted molar refractivity (Wildman–Crippen MR) is 59.2 cm³/mol. The molecule has 2 heteroatoms. The Bertz CT molecular complexity index is 246. The highest BCUT2D eigenvalue weighted by Gasteiger charge is 2.11. The van der Waals surface area contributed by atoms with Crippen LogP contribution < -0.4 is 5.32 Å². The van der Waals surface area contributed by atoms with Gasteiger partial charge < -0.3 is 9.73 Å². The summed E-state index contributed by atoms with van der Waals surface area (Å²) in [5.41, 5.74) is 0.399. The van der Waals surface area contributed by atoms with Crippen molar-refractivity contribution < 1.29 is 4.42 Å². The fourth-order valence-electron chi connectivity index (χ4n) is 1.30. The first-order chi connectivity index (χ1) is 6.49. The van der Waals surface area contributed by atoms with Crippen molar-refractivity contribution in [3.63, 3.8) is 0 Å². The maximum Gasteiger partial charge on any atom is 0.120 e. The van der Waals surface area contributed by atoms with Crippen molar-refractivity contribution in [3.8, 4) is 0 Å². The molecule has 0 bridgehead atoms. The van der Waals surface area contributed by atoms with Crippen LogP contribution in [-0.4, -0.2) is 6.54 Å². The van der Waals surface area contributed by atoms with Crippen molar-refractivity contribution in [2.75, 3.05) is 6.54 Å². The van der Waals surface area contributed by atoms with Crippen LogP contribution in [0.2, 0.25) is 0 Å². The van der Waals surface area contributed by atoms with Gasteiger partial charge >= 0.3 is 0 Å². The number of furan rings is 1. The zero-order valence-electron chi connectivity index (χ0n) is 9.63. The van der Waals surface area contributed by atoms with Gasteiger partial charge in [-0.15, -0.1) is 0 Å². The van der Waals surface area contributed by atoms with E-state index in [4.69, 9.17) is 4.42 Å². The summed E-state index contributed by atoms with van der Waals surface area (Å²) in [6.45, 7) is 9.93. The summed E-state index contributed by atoms with van der Waals surface area (Å²) in [5, 5.41) is 3.45. The van der Waals surface area contributed by atoms with Gasteiger partial charge in [-0.1, -0.05) is 20.8 Å². The van der Waals surface area contributed by atoms with Crippen LogP contribution in [-0.2, 0) is 0 Å². The summed E-state index contributed by atoms with van der Waals surface area (Å²) < 4.78 is 5.32. The fourth-order valence-corrected chi connectivity index (χ4v) is 1.30.